The molecule has 0 radical (unpaired) electrons. The molecule has 0 spiro atoms. The molecule has 26 heavy (non-hydrogen) atoms. The van der Waals surface area contributed by atoms with E-state index in [1.807, 2.05) is 0 Å². The SMILES string of the molecule is CC(C)CCCCCCCCCCCC=CCCC=CCCCC(=O)O. The van der Waals surface area contributed by atoms with Gasteiger partial charge in [0, 0.05) is 6.42 Å². The van der Waals surface area contributed by atoms with Crippen LogP contribution in [0.25, 0.3) is 0 Å². The Labute approximate surface area is 163 Å². The van der Waals surface area contributed by atoms with Gasteiger partial charge >= 0.3 is 5.97 Å². The third-order valence-corrected chi connectivity index (χ3v) is 4.75. The highest BCUT2D eigenvalue weighted by molar-refractivity contribution is 5.66. The first kappa shape index (κ1) is 24.9. The monoisotopic (exact) mass is 364 g/mol. The van der Waals surface area contributed by atoms with Crippen molar-refractivity contribution < 1.29 is 9.90 Å². The molecule has 0 bridgehead atoms. The predicted molar refractivity (Wildman–Crippen MR) is 115 cm³/mol. The summed E-state index contributed by atoms with van der Waals surface area (Å²) in [6.45, 7) is 4.64. The molecule has 0 aliphatic heterocycles. The van der Waals surface area contributed by atoms with Crippen LogP contribution in [-0.4, -0.2) is 11.1 Å². The third kappa shape index (κ3) is 22.9. The Hall–Kier alpha value is -1.05. The number of allylic oxidation sites excluding steroid dienone is 4. The van der Waals surface area contributed by atoms with Gasteiger partial charge in [-0.3, -0.25) is 4.79 Å². The first-order chi connectivity index (χ1) is 12.6. The molecule has 0 aliphatic carbocycles. The summed E-state index contributed by atoms with van der Waals surface area (Å²) < 4.78 is 0. The van der Waals surface area contributed by atoms with Gasteiger partial charge in [0.1, 0.15) is 0 Å². The summed E-state index contributed by atoms with van der Waals surface area (Å²) in [5, 5.41) is 8.54. The first-order valence-electron chi connectivity index (χ1n) is 11.1. The van der Waals surface area contributed by atoms with Crippen molar-refractivity contribution in [3.05, 3.63) is 24.3 Å². The molecule has 0 amide bonds. The average molecular weight is 365 g/mol. The van der Waals surface area contributed by atoms with Crippen LogP contribution in [0.2, 0.25) is 0 Å². The summed E-state index contributed by atoms with van der Waals surface area (Å²) in [6, 6.07) is 0. The van der Waals surface area contributed by atoms with Gasteiger partial charge in [-0.25, -0.2) is 0 Å². The van der Waals surface area contributed by atoms with E-state index in [9.17, 15) is 4.79 Å². The fourth-order valence-corrected chi connectivity index (χ4v) is 3.09. The number of hydrogen-bond acceptors (Lipinski definition) is 1. The molecule has 0 unspecified atom stereocenters. The van der Waals surface area contributed by atoms with Gasteiger partial charge in [-0.05, 0) is 44.4 Å². The fraction of sp³-hybridized carbons (Fsp3) is 0.792. The van der Waals surface area contributed by atoms with Gasteiger partial charge in [0.25, 0.3) is 0 Å². The lowest BCUT2D eigenvalue weighted by molar-refractivity contribution is -0.137. The van der Waals surface area contributed by atoms with Crippen molar-refractivity contribution in [3.8, 4) is 0 Å². The molecule has 1 N–H and O–H groups in total. The lowest BCUT2D eigenvalue weighted by Crippen LogP contribution is -1.92. The van der Waals surface area contributed by atoms with Crippen LogP contribution < -0.4 is 0 Å². The molecular formula is C24H44O2. The van der Waals surface area contributed by atoms with Gasteiger partial charge in [-0.15, -0.1) is 0 Å². The highest BCUT2D eigenvalue weighted by Gasteiger charge is 1.95. The molecule has 2 nitrogen and oxygen atoms in total. The number of aliphatic carboxylic acids is 1. The highest BCUT2D eigenvalue weighted by Crippen LogP contribution is 2.13. The van der Waals surface area contributed by atoms with Gasteiger partial charge in [-0.1, -0.05) is 95.9 Å². The second kappa shape index (κ2) is 20.3. The van der Waals surface area contributed by atoms with E-state index in [2.05, 4.69) is 38.2 Å². The van der Waals surface area contributed by atoms with Crippen molar-refractivity contribution in [2.75, 3.05) is 0 Å². The van der Waals surface area contributed by atoms with E-state index in [1.165, 1.54) is 70.6 Å². The number of carbonyl (C=O) groups is 1. The van der Waals surface area contributed by atoms with Gasteiger partial charge in [0.15, 0.2) is 0 Å². The van der Waals surface area contributed by atoms with Crippen molar-refractivity contribution in [1.82, 2.24) is 0 Å². The maximum Gasteiger partial charge on any atom is 0.303 e. The zero-order valence-corrected chi connectivity index (χ0v) is 17.6. The molecule has 0 aromatic rings. The molecule has 2 heteroatoms. The van der Waals surface area contributed by atoms with Crippen LogP contribution in [0.5, 0.6) is 0 Å². The number of rotatable bonds is 19. The number of unbranched alkanes of at least 4 members (excludes halogenated alkanes) is 11. The van der Waals surface area contributed by atoms with Crippen LogP contribution >= 0.6 is 0 Å². The second-order valence-electron chi connectivity index (χ2n) is 7.96. The molecule has 0 heterocycles. The summed E-state index contributed by atoms with van der Waals surface area (Å²) in [4.78, 5) is 10.4. The molecule has 0 fully saturated rings. The van der Waals surface area contributed by atoms with Gasteiger partial charge < -0.3 is 5.11 Å². The van der Waals surface area contributed by atoms with E-state index in [1.54, 1.807) is 0 Å². The maximum absolute atomic E-state index is 10.4. The maximum atomic E-state index is 10.4. The normalized spacial score (nSPS) is 12.0. The van der Waals surface area contributed by atoms with E-state index in [0.717, 1.165) is 31.6 Å². The summed E-state index contributed by atoms with van der Waals surface area (Å²) in [7, 11) is 0. The molecule has 0 rings (SSSR count). The minimum Gasteiger partial charge on any atom is -0.481 e. The Bertz CT molecular complexity index is 355. The topological polar surface area (TPSA) is 37.3 Å². The van der Waals surface area contributed by atoms with E-state index >= 15 is 0 Å². The zero-order valence-electron chi connectivity index (χ0n) is 17.6. The van der Waals surface area contributed by atoms with Gasteiger partial charge in [0.2, 0.25) is 0 Å². The lowest BCUT2D eigenvalue weighted by atomic mass is 10.0. The summed E-state index contributed by atoms with van der Waals surface area (Å²) in [5.74, 6) is 0.175. The minimum atomic E-state index is -0.696. The van der Waals surface area contributed by atoms with E-state index in [0.29, 0.717) is 0 Å². The molecule has 0 saturated carbocycles. The molecule has 0 aromatic heterocycles. The van der Waals surface area contributed by atoms with Crippen molar-refractivity contribution in [3.63, 3.8) is 0 Å². The lowest BCUT2D eigenvalue weighted by Gasteiger charge is -2.04. The zero-order chi connectivity index (χ0) is 19.3. The van der Waals surface area contributed by atoms with Crippen molar-refractivity contribution in [2.24, 2.45) is 5.92 Å². The third-order valence-electron chi connectivity index (χ3n) is 4.75. The largest absolute Gasteiger partial charge is 0.481 e. The molecule has 152 valence electrons. The average Bonchev–Trinajstić information content (AvgIpc) is 2.59. The van der Waals surface area contributed by atoms with Crippen molar-refractivity contribution in [2.45, 2.75) is 117 Å². The standard InChI is InChI=1S/C24H44O2/c1-23(2)21-19-17-15-13-11-9-7-5-3-4-6-8-10-12-14-16-18-20-22-24(25)26/h6,8,14,16,23H,3-5,7,9-13,15,17-22H2,1-2H3,(H,25,26). The van der Waals surface area contributed by atoms with Crippen molar-refractivity contribution in [1.29, 1.82) is 0 Å². The molecule has 0 aliphatic rings. The smallest absolute Gasteiger partial charge is 0.303 e. The minimum absolute atomic E-state index is 0.280. The van der Waals surface area contributed by atoms with E-state index in [4.69, 9.17) is 5.11 Å². The summed E-state index contributed by atoms with van der Waals surface area (Å²) >= 11 is 0. The van der Waals surface area contributed by atoms with E-state index in [-0.39, 0.29) is 6.42 Å². The highest BCUT2D eigenvalue weighted by atomic mass is 16.4. The van der Waals surface area contributed by atoms with Gasteiger partial charge in [0.05, 0.1) is 0 Å². The Balaban J connectivity index is 3.17. The van der Waals surface area contributed by atoms with Crippen molar-refractivity contribution >= 4 is 5.97 Å². The van der Waals surface area contributed by atoms with Gasteiger partial charge in [-0.2, -0.15) is 0 Å². The number of hydrogen-bond donors (Lipinski definition) is 1. The van der Waals surface area contributed by atoms with Crippen LogP contribution in [0, 0.1) is 5.92 Å². The van der Waals surface area contributed by atoms with Crippen LogP contribution in [0.15, 0.2) is 24.3 Å². The van der Waals surface area contributed by atoms with E-state index < -0.39 is 5.97 Å². The predicted octanol–water partition coefficient (Wildman–Crippen LogP) is 8.08. The molecule has 0 aromatic carbocycles. The number of carboxylic acids is 1. The Kier molecular flexibility index (Phi) is 19.4. The Morgan fingerprint density at radius 2 is 1.08 bits per heavy atom. The quantitative estimate of drug-likeness (QED) is 0.186. The molecule has 0 atom stereocenters. The second-order valence-corrected chi connectivity index (χ2v) is 7.96. The molecule has 0 saturated heterocycles. The molecular weight excluding hydrogens is 320 g/mol. The Morgan fingerprint density at radius 1 is 0.654 bits per heavy atom. The Morgan fingerprint density at radius 3 is 1.58 bits per heavy atom. The fourth-order valence-electron chi connectivity index (χ4n) is 3.09. The first-order valence-corrected chi connectivity index (χ1v) is 11.1. The number of carboxylic acid groups (broad SMARTS) is 1. The van der Waals surface area contributed by atoms with Crippen LogP contribution in [0.4, 0.5) is 0 Å². The van der Waals surface area contributed by atoms with Crippen LogP contribution in [0.3, 0.4) is 0 Å². The van der Waals surface area contributed by atoms with Crippen LogP contribution in [-0.2, 0) is 4.79 Å². The summed E-state index contributed by atoms with van der Waals surface area (Å²) in [6.07, 6.45) is 28.3. The van der Waals surface area contributed by atoms with Crippen LogP contribution in [0.1, 0.15) is 117 Å². The summed E-state index contributed by atoms with van der Waals surface area (Å²) in [5.41, 5.74) is 0.